The van der Waals surface area contributed by atoms with Gasteiger partial charge in [-0.15, -0.1) is 0 Å². The van der Waals surface area contributed by atoms with E-state index in [1.165, 1.54) is 6.21 Å². The first-order valence-corrected chi connectivity index (χ1v) is 10.3. The highest BCUT2D eigenvalue weighted by Crippen LogP contribution is 2.17. The summed E-state index contributed by atoms with van der Waals surface area (Å²) in [5, 5.41) is 3.95. The quantitative estimate of drug-likeness (QED) is 0.482. The van der Waals surface area contributed by atoms with Gasteiger partial charge in [0.15, 0.2) is 0 Å². The lowest BCUT2D eigenvalue weighted by Gasteiger charge is -2.09. The zero-order chi connectivity index (χ0) is 20.0. The van der Waals surface area contributed by atoms with E-state index in [2.05, 4.69) is 9.93 Å². The van der Waals surface area contributed by atoms with Crippen molar-refractivity contribution >= 4 is 16.2 Å². The largest absolute Gasteiger partial charge is 0.489 e. The van der Waals surface area contributed by atoms with Crippen LogP contribution >= 0.6 is 0 Å². The second-order valence-corrected chi connectivity index (χ2v) is 8.05. The number of para-hydroxylation sites is 1. The highest BCUT2D eigenvalue weighted by atomic mass is 32.2. The van der Waals surface area contributed by atoms with Crippen LogP contribution in [0.15, 0.2) is 82.8 Å². The van der Waals surface area contributed by atoms with Crippen molar-refractivity contribution in [3.05, 3.63) is 95.1 Å². The summed E-state index contributed by atoms with van der Waals surface area (Å²) in [7, 11) is -3.73. The molecule has 0 aliphatic heterocycles. The lowest BCUT2D eigenvalue weighted by molar-refractivity contribution is 0.306. The average Bonchev–Trinajstić information content (AvgIpc) is 2.67. The van der Waals surface area contributed by atoms with Gasteiger partial charge in [0.25, 0.3) is 10.0 Å². The second-order valence-electron chi connectivity index (χ2n) is 6.42. The van der Waals surface area contributed by atoms with E-state index in [0.717, 1.165) is 22.4 Å². The van der Waals surface area contributed by atoms with Crippen molar-refractivity contribution < 1.29 is 13.2 Å². The van der Waals surface area contributed by atoms with E-state index in [9.17, 15) is 8.42 Å². The number of nitrogens with one attached hydrogen (secondary N) is 1. The first kappa shape index (κ1) is 19.6. The molecule has 28 heavy (non-hydrogen) atoms. The first-order valence-electron chi connectivity index (χ1n) is 8.83. The summed E-state index contributed by atoms with van der Waals surface area (Å²) in [6.07, 6.45) is 1.49. The van der Waals surface area contributed by atoms with Gasteiger partial charge >= 0.3 is 0 Å². The number of aryl methyl sites for hydroxylation is 2. The molecule has 1 N–H and O–H groups in total. The van der Waals surface area contributed by atoms with Crippen LogP contribution in [-0.2, 0) is 16.6 Å². The van der Waals surface area contributed by atoms with Crippen LogP contribution in [0.4, 0.5) is 0 Å². The van der Waals surface area contributed by atoms with Gasteiger partial charge < -0.3 is 4.74 Å². The van der Waals surface area contributed by atoms with Crippen molar-refractivity contribution in [1.29, 1.82) is 0 Å². The third kappa shape index (κ3) is 4.98. The Labute approximate surface area is 165 Å². The molecule has 0 unspecified atom stereocenters. The zero-order valence-corrected chi connectivity index (χ0v) is 16.6. The van der Waals surface area contributed by atoms with Gasteiger partial charge in [0.05, 0.1) is 11.1 Å². The van der Waals surface area contributed by atoms with Crippen LogP contribution in [0.1, 0.15) is 22.3 Å². The van der Waals surface area contributed by atoms with Crippen LogP contribution in [0.3, 0.4) is 0 Å². The molecule has 0 spiro atoms. The number of sulfonamides is 1. The molecule has 0 aliphatic carbocycles. The van der Waals surface area contributed by atoms with E-state index in [-0.39, 0.29) is 4.90 Å². The lowest BCUT2D eigenvalue weighted by atomic mass is 10.1. The Morgan fingerprint density at radius 1 is 0.964 bits per heavy atom. The number of benzene rings is 3. The third-order valence-corrected chi connectivity index (χ3v) is 5.57. The molecule has 6 heteroatoms. The summed E-state index contributed by atoms with van der Waals surface area (Å²) < 4.78 is 30.8. The number of hydrazone groups is 1. The van der Waals surface area contributed by atoms with Crippen LogP contribution in [-0.4, -0.2) is 14.6 Å². The van der Waals surface area contributed by atoms with Crippen molar-refractivity contribution in [1.82, 2.24) is 4.83 Å². The molecule has 0 heterocycles. The SMILES string of the molecule is Cc1ccc(S(=O)(=O)N/N=C/c2ccccc2COc2ccccc2)c(C)c1. The summed E-state index contributed by atoms with van der Waals surface area (Å²) >= 11 is 0. The summed E-state index contributed by atoms with van der Waals surface area (Å²) in [5.41, 5.74) is 3.37. The molecule has 3 rings (SSSR count). The minimum Gasteiger partial charge on any atom is -0.489 e. The predicted molar refractivity (Wildman–Crippen MR) is 111 cm³/mol. The van der Waals surface area contributed by atoms with Gasteiger partial charge in [-0.05, 0) is 43.2 Å². The molecule has 0 aromatic heterocycles. The Balaban J connectivity index is 1.72. The van der Waals surface area contributed by atoms with Gasteiger partial charge in [0, 0.05) is 5.56 Å². The molecule has 0 atom stereocenters. The fourth-order valence-electron chi connectivity index (χ4n) is 2.78. The molecule has 0 saturated carbocycles. The summed E-state index contributed by atoms with van der Waals surface area (Å²) in [6.45, 7) is 4.04. The van der Waals surface area contributed by atoms with E-state index in [1.54, 1.807) is 19.1 Å². The van der Waals surface area contributed by atoms with E-state index in [4.69, 9.17) is 4.74 Å². The van der Waals surface area contributed by atoms with Crippen LogP contribution in [0, 0.1) is 13.8 Å². The van der Waals surface area contributed by atoms with Crippen LogP contribution in [0.5, 0.6) is 5.75 Å². The monoisotopic (exact) mass is 394 g/mol. The van der Waals surface area contributed by atoms with Crippen molar-refractivity contribution in [2.24, 2.45) is 5.10 Å². The average molecular weight is 394 g/mol. The van der Waals surface area contributed by atoms with E-state index in [1.807, 2.05) is 67.6 Å². The van der Waals surface area contributed by atoms with Gasteiger partial charge in [0.2, 0.25) is 0 Å². The summed E-state index contributed by atoms with van der Waals surface area (Å²) in [4.78, 5) is 2.50. The number of rotatable bonds is 7. The number of hydrogen-bond acceptors (Lipinski definition) is 4. The Bertz CT molecular complexity index is 1080. The fraction of sp³-hybridized carbons (Fsp3) is 0.136. The van der Waals surface area contributed by atoms with Gasteiger partial charge in [-0.25, -0.2) is 4.83 Å². The lowest BCUT2D eigenvalue weighted by Crippen LogP contribution is -2.19. The molecule has 0 amide bonds. The molecular formula is C22H22N2O3S. The normalized spacial score (nSPS) is 11.5. The third-order valence-electron chi connectivity index (χ3n) is 4.19. The molecule has 0 fully saturated rings. The summed E-state index contributed by atoms with van der Waals surface area (Å²) in [5.74, 6) is 0.768. The molecule has 0 radical (unpaired) electrons. The van der Waals surface area contributed by atoms with E-state index in [0.29, 0.717) is 12.2 Å². The van der Waals surface area contributed by atoms with Crippen molar-refractivity contribution in [3.63, 3.8) is 0 Å². The maximum atomic E-state index is 12.5. The topological polar surface area (TPSA) is 67.8 Å². The van der Waals surface area contributed by atoms with E-state index >= 15 is 0 Å². The first-order chi connectivity index (χ1) is 13.5. The molecule has 144 valence electrons. The number of hydrogen-bond donors (Lipinski definition) is 1. The number of nitrogens with zero attached hydrogens (tertiary/aromatic N) is 1. The fourth-order valence-corrected chi connectivity index (χ4v) is 3.80. The Morgan fingerprint density at radius 3 is 2.43 bits per heavy atom. The molecule has 0 saturated heterocycles. The predicted octanol–water partition coefficient (Wildman–Crippen LogP) is 4.19. The highest BCUT2D eigenvalue weighted by Gasteiger charge is 2.15. The van der Waals surface area contributed by atoms with Gasteiger partial charge in [-0.1, -0.05) is 60.2 Å². The molecule has 3 aromatic carbocycles. The van der Waals surface area contributed by atoms with E-state index < -0.39 is 10.0 Å². The van der Waals surface area contributed by atoms with Crippen molar-refractivity contribution in [2.75, 3.05) is 0 Å². The minimum absolute atomic E-state index is 0.218. The number of ether oxygens (including phenoxy) is 1. The second kappa shape index (κ2) is 8.71. The van der Waals surface area contributed by atoms with Crippen molar-refractivity contribution in [2.45, 2.75) is 25.3 Å². The maximum Gasteiger partial charge on any atom is 0.276 e. The molecule has 3 aromatic rings. The van der Waals surface area contributed by atoms with Crippen LogP contribution in [0.2, 0.25) is 0 Å². The Hall–Kier alpha value is -3.12. The smallest absolute Gasteiger partial charge is 0.276 e. The highest BCUT2D eigenvalue weighted by molar-refractivity contribution is 7.89. The van der Waals surface area contributed by atoms with Gasteiger partial charge in [-0.2, -0.15) is 13.5 Å². The van der Waals surface area contributed by atoms with Crippen LogP contribution < -0.4 is 9.57 Å². The molecule has 5 nitrogen and oxygen atoms in total. The summed E-state index contributed by atoms with van der Waals surface area (Å²) in [6, 6.07) is 22.2. The van der Waals surface area contributed by atoms with Crippen molar-refractivity contribution in [3.8, 4) is 5.75 Å². The Morgan fingerprint density at radius 2 is 1.68 bits per heavy atom. The molecule has 0 bridgehead atoms. The standard InChI is InChI=1S/C22H22N2O3S/c1-17-12-13-22(18(2)14-17)28(25,26)24-23-15-19-8-6-7-9-20(19)16-27-21-10-4-3-5-11-21/h3-15,24H,16H2,1-2H3/b23-15+. The Kier molecular flexibility index (Phi) is 6.11. The van der Waals surface area contributed by atoms with Crippen LogP contribution in [0.25, 0.3) is 0 Å². The van der Waals surface area contributed by atoms with Gasteiger partial charge in [-0.3, -0.25) is 0 Å². The maximum absolute atomic E-state index is 12.5. The zero-order valence-electron chi connectivity index (χ0n) is 15.8. The molecular weight excluding hydrogens is 372 g/mol. The van der Waals surface area contributed by atoms with Gasteiger partial charge in [0.1, 0.15) is 12.4 Å². The minimum atomic E-state index is -3.73. The molecule has 0 aliphatic rings.